The minimum absolute atomic E-state index is 0.177. The van der Waals surface area contributed by atoms with Crippen LogP contribution in [0.3, 0.4) is 0 Å². The van der Waals surface area contributed by atoms with Crippen molar-refractivity contribution >= 4 is 34.1 Å². The maximum Gasteiger partial charge on any atom is 0.222 e. The van der Waals surface area contributed by atoms with Gasteiger partial charge in [0.1, 0.15) is 0 Å². The number of anilines is 1. The van der Waals surface area contributed by atoms with E-state index >= 15 is 0 Å². The molecule has 1 aromatic heterocycles. The van der Waals surface area contributed by atoms with Crippen LogP contribution in [0.25, 0.3) is 10.9 Å². The molecular weight excluding hydrogens is 300 g/mol. The van der Waals surface area contributed by atoms with Crippen LogP contribution in [0.2, 0.25) is 5.02 Å². The van der Waals surface area contributed by atoms with Crippen LogP contribution in [0.15, 0.2) is 18.3 Å². The topological polar surface area (TPSA) is 52.2 Å². The van der Waals surface area contributed by atoms with E-state index in [0.29, 0.717) is 6.42 Å². The Morgan fingerprint density at radius 2 is 2.09 bits per heavy atom. The highest BCUT2D eigenvalue weighted by Crippen LogP contribution is 2.42. The van der Waals surface area contributed by atoms with Gasteiger partial charge in [0.05, 0.1) is 11.7 Å². The van der Waals surface area contributed by atoms with Gasteiger partial charge < -0.3 is 9.80 Å². The van der Waals surface area contributed by atoms with E-state index in [1.54, 1.807) is 0 Å². The third-order valence-electron chi connectivity index (χ3n) is 5.19. The lowest BCUT2D eigenvalue weighted by Gasteiger charge is -2.40. The number of carbonyl (C=O) groups is 1. The number of halogens is 1. The average Bonchev–Trinajstić information content (AvgIpc) is 3.04. The minimum Gasteiger partial charge on any atom is -0.371 e. The van der Waals surface area contributed by atoms with Gasteiger partial charge in [-0.25, -0.2) is 0 Å². The lowest BCUT2D eigenvalue weighted by Crippen LogP contribution is -2.41. The summed E-state index contributed by atoms with van der Waals surface area (Å²) < 4.78 is 0. The van der Waals surface area contributed by atoms with Crippen molar-refractivity contribution in [3.63, 3.8) is 0 Å². The van der Waals surface area contributed by atoms with Crippen molar-refractivity contribution in [2.75, 3.05) is 31.6 Å². The quantitative estimate of drug-likeness (QED) is 0.879. The van der Waals surface area contributed by atoms with Gasteiger partial charge >= 0.3 is 0 Å². The van der Waals surface area contributed by atoms with E-state index in [2.05, 4.69) is 15.1 Å². The van der Waals surface area contributed by atoms with Gasteiger partial charge in [-0.3, -0.25) is 9.89 Å². The molecule has 1 spiro atoms. The van der Waals surface area contributed by atoms with E-state index in [-0.39, 0.29) is 11.3 Å². The molecule has 5 nitrogen and oxygen atoms in total. The first-order valence-electron chi connectivity index (χ1n) is 7.68. The van der Waals surface area contributed by atoms with Crippen LogP contribution >= 0.6 is 11.6 Å². The Bertz CT molecular complexity index is 733. The molecule has 0 aliphatic carbocycles. The summed E-state index contributed by atoms with van der Waals surface area (Å²) in [6, 6.07) is 3.92. The molecule has 1 amide bonds. The number of nitrogens with zero attached hydrogens (tertiary/aromatic N) is 3. The number of likely N-dealkylation sites (tertiary alicyclic amines) is 1. The van der Waals surface area contributed by atoms with Gasteiger partial charge in [0.25, 0.3) is 0 Å². The Morgan fingerprint density at radius 1 is 1.32 bits per heavy atom. The first-order valence-corrected chi connectivity index (χ1v) is 8.06. The summed E-state index contributed by atoms with van der Waals surface area (Å²) >= 11 is 6.23. The van der Waals surface area contributed by atoms with Gasteiger partial charge in [0.2, 0.25) is 5.91 Å². The molecule has 4 rings (SSSR count). The van der Waals surface area contributed by atoms with Gasteiger partial charge in [-0.2, -0.15) is 5.10 Å². The first-order chi connectivity index (χ1) is 10.6. The number of benzene rings is 1. The van der Waals surface area contributed by atoms with E-state index in [1.807, 2.05) is 30.3 Å². The first kappa shape index (κ1) is 13.9. The molecule has 22 heavy (non-hydrogen) atoms. The number of fused-ring (bicyclic) bond motifs is 1. The van der Waals surface area contributed by atoms with Crippen molar-refractivity contribution in [3.05, 3.63) is 23.4 Å². The third kappa shape index (κ3) is 2.15. The molecule has 0 radical (unpaired) electrons. The molecule has 3 heterocycles. The summed E-state index contributed by atoms with van der Waals surface area (Å²) in [5, 5.41) is 8.95. The molecule has 0 bridgehead atoms. The Morgan fingerprint density at radius 3 is 2.77 bits per heavy atom. The van der Waals surface area contributed by atoms with E-state index < -0.39 is 0 Å². The van der Waals surface area contributed by atoms with Crippen LogP contribution in [-0.4, -0.2) is 47.7 Å². The number of nitrogens with one attached hydrogen (secondary N) is 1. The van der Waals surface area contributed by atoms with Gasteiger partial charge in [-0.1, -0.05) is 11.6 Å². The van der Waals surface area contributed by atoms with Crippen molar-refractivity contribution in [1.29, 1.82) is 0 Å². The van der Waals surface area contributed by atoms with Crippen molar-refractivity contribution in [3.8, 4) is 0 Å². The smallest absolute Gasteiger partial charge is 0.222 e. The molecular formula is C16H19ClN4O. The second kappa shape index (κ2) is 4.88. The van der Waals surface area contributed by atoms with Crippen LogP contribution in [0.1, 0.15) is 19.3 Å². The molecule has 0 saturated carbocycles. The lowest BCUT2D eigenvalue weighted by molar-refractivity contribution is -0.126. The van der Waals surface area contributed by atoms with Crippen molar-refractivity contribution in [2.24, 2.45) is 5.41 Å². The number of hydrogen-bond acceptors (Lipinski definition) is 3. The van der Waals surface area contributed by atoms with Gasteiger partial charge in [-0.05, 0) is 25.0 Å². The fraction of sp³-hybridized carbons (Fsp3) is 0.500. The highest BCUT2D eigenvalue weighted by atomic mass is 35.5. The molecule has 0 atom stereocenters. The Hall–Kier alpha value is -1.75. The van der Waals surface area contributed by atoms with E-state index in [0.717, 1.165) is 54.1 Å². The highest BCUT2D eigenvalue weighted by molar-refractivity contribution is 6.31. The van der Waals surface area contributed by atoms with Gasteiger partial charge in [0, 0.05) is 54.6 Å². The van der Waals surface area contributed by atoms with Crippen molar-refractivity contribution < 1.29 is 4.79 Å². The number of rotatable bonds is 1. The molecule has 2 saturated heterocycles. The van der Waals surface area contributed by atoms with E-state index in [1.165, 1.54) is 0 Å². The normalized spacial score (nSPS) is 21.3. The number of H-pyrrole nitrogens is 1. The van der Waals surface area contributed by atoms with Crippen LogP contribution < -0.4 is 4.90 Å². The summed E-state index contributed by atoms with van der Waals surface area (Å²) in [7, 11) is 1.91. The third-order valence-corrected chi connectivity index (χ3v) is 5.41. The van der Waals surface area contributed by atoms with Crippen molar-refractivity contribution in [2.45, 2.75) is 19.3 Å². The number of amides is 1. The molecule has 2 fully saturated rings. The maximum absolute atomic E-state index is 11.9. The number of piperidine rings is 1. The Labute approximate surface area is 134 Å². The van der Waals surface area contributed by atoms with Crippen LogP contribution in [0, 0.1) is 5.41 Å². The Balaban J connectivity index is 1.58. The molecule has 1 N–H and O–H groups in total. The standard InChI is InChI=1S/C16H19ClN4O/c1-20-10-16(8-15(20)22)2-4-21(5-3-16)14-7-11(17)6-13-12(14)9-18-19-13/h6-7,9H,2-5,8,10H2,1H3,(H,18,19). The number of aromatic amines is 1. The van der Waals surface area contributed by atoms with Gasteiger partial charge in [0.15, 0.2) is 0 Å². The second-order valence-electron chi connectivity index (χ2n) is 6.67. The summed E-state index contributed by atoms with van der Waals surface area (Å²) in [6.07, 6.45) is 4.66. The number of hydrogen-bond donors (Lipinski definition) is 1. The zero-order valence-electron chi connectivity index (χ0n) is 12.6. The Kier molecular flexibility index (Phi) is 3.08. The molecule has 116 valence electrons. The largest absolute Gasteiger partial charge is 0.371 e. The molecule has 2 aliphatic rings. The predicted molar refractivity (Wildman–Crippen MR) is 87.2 cm³/mol. The fourth-order valence-electron chi connectivity index (χ4n) is 3.92. The minimum atomic E-state index is 0.177. The molecule has 2 aliphatic heterocycles. The molecule has 0 unspecified atom stereocenters. The summed E-state index contributed by atoms with van der Waals surface area (Å²) in [5.41, 5.74) is 2.29. The zero-order valence-corrected chi connectivity index (χ0v) is 13.4. The van der Waals surface area contributed by atoms with Crippen LogP contribution in [0.5, 0.6) is 0 Å². The molecule has 6 heteroatoms. The lowest BCUT2D eigenvalue weighted by atomic mass is 9.77. The number of carbonyl (C=O) groups excluding carboxylic acids is 1. The average molecular weight is 319 g/mol. The highest BCUT2D eigenvalue weighted by Gasteiger charge is 2.43. The maximum atomic E-state index is 11.9. The summed E-state index contributed by atoms with van der Waals surface area (Å²) in [4.78, 5) is 16.1. The fourth-order valence-corrected chi connectivity index (χ4v) is 4.13. The summed E-state index contributed by atoms with van der Waals surface area (Å²) in [5.74, 6) is 0.286. The molecule has 1 aromatic carbocycles. The summed E-state index contributed by atoms with van der Waals surface area (Å²) in [6.45, 7) is 2.82. The molecule has 2 aromatic rings. The second-order valence-corrected chi connectivity index (χ2v) is 7.11. The predicted octanol–water partition coefficient (Wildman–Crippen LogP) is 2.67. The number of aromatic nitrogens is 2. The zero-order chi connectivity index (χ0) is 15.3. The monoisotopic (exact) mass is 318 g/mol. The SMILES string of the molecule is CN1CC2(CCN(c3cc(Cl)cc4[nH]ncc34)CC2)CC1=O. The van der Waals surface area contributed by atoms with E-state index in [4.69, 9.17) is 11.6 Å². The van der Waals surface area contributed by atoms with Crippen LogP contribution in [-0.2, 0) is 4.79 Å². The van der Waals surface area contributed by atoms with E-state index in [9.17, 15) is 4.79 Å². The van der Waals surface area contributed by atoms with Gasteiger partial charge in [-0.15, -0.1) is 0 Å². The van der Waals surface area contributed by atoms with Crippen LogP contribution in [0.4, 0.5) is 5.69 Å². The van der Waals surface area contributed by atoms with Crippen molar-refractivity contribution in [1.82, 2.24) is 15.1 Å².